The molecule has 20 heavy (non-hydrogen) atoms. The molecule has 0 amide bonds. The number of nitrogens with zero attached hydrogens (tertiary/aromatic N) is 2. The van der Waals surface area contributed by atoms with Gasteiger partial charge in [0, 0.05) is 25.5 Å². The van der Waals surface area contributed by atoms with Crippen LogP contribution in [0.5, 0.6) is 0 Å². The Labute approximate surface area is 118 Å². The molecule has 0 radical (unpaired) electrons. The van der Waals surface area contributed by atoms with Gasteiger partial charge in [-0.1, -0.05) is 12.1 Å². The summed E-state index contributed by atoms with van der Waals surface area (Å²) in [5.41, 5.74) is 0.906. The van der Waals surface area contributed by atoms with Crippen LogP contribution in [0.4, 0.5) is 0 Å². The summed E-state index contributed by atoms with van der Waals surface area (Å²) in [7, 11) is -3.50. The minimum Gasteiger partial charge on any atom is -0.396 e. The van der Waals surface area contributed by atoms with Crippen molar-refractivity contribution in [2.75, 3.05) is 13.2 Å². The smallest absolute Gasteiger partial charge is 0.240 e. The van der Waals surface area contributed by atoms with Gasteiger partial charge in [-0.3, -0.25) is 4.68 Å². The van der Waals surface area contributed by atoms with Crippen LogP contribution in [0.3, 0.4) is 0 Å². The second kappa shape index (κ2) is 6.65. The number of hydrogen-bond donors (Lipinski definition) is 2. The van der Waals surface area contributed by atoms with Crippen LogP contribution in [0.25, 0.3) is 0 Å². The summed E-state index contributed by atoms with van der Waals surface area (Å²) in [6.07, 6.45) is 3.94. The van der Waals surface area contributed by atoms with Crippen molar-refractivity contribution >= 4 is 10.0 Å². The van der Waals surface area contributed by atoms with E-state index >= 15 is 0 Å². The Morgan fingerprint density at radius 2 is 2.00 bits per heavy atom. The molecule has 0 aliphatic heterocycles. The van der Waals surface area contributed by atoms with Crippen molar-refractivity contribution in [3.8, 4) is 0 Å². The van der Waals surface area contributed by atoms with Gasteiger partial charge < -0.3 is 5.11 Å². The van der Waals surface area contributed by atoms with Gasteiger partial charge in [0.2, 0.25) is 10.0 Å². The van der Waals surface area contributed by atoms with Crippen LogP contribution in [-0.4, -0.2) is 36.5 Å². The molecule has 0 atom stereocenters. The Balaban J connectivity index is 1.95. The van der Waals surface area contributed by atoms with Gasteiger partial charge in [0.25, 0.3) is 0 Å². The van der Waals surface area contributed by atoms with Crippen LogP contribution in [0.1, 0.15) is 5.56 Å². The maximum absolute atomic E-state index is 12.0. The van der Waals surface area contributed by atoms with E-state index in [1.165, 1.54) is 0 Å². The molecule has 2 aromatic rings. The SMILES string of the molecule is O=S(=O)(NCCn1cccn1)c1ccc(CCO)cc1. The zero-order valence-electron chi connectivity index (χ0n) is 10.9. The van der Waals surface area contributed by atoms with Crippen LogP contribution in [-0.2, 0) is 23.0 Å². The largest absolute Gasteiger partial charge is 0.396 e. The van der Waals surface area contributed by atoms with Gasteiger partial charge >= 0.3 is 0 Å². The van der Waals surface area contributed by atoms with Crippen molar-refractivity contribution in [2.24, 2.45) is 0 Å². The number of sulfonamides is 1. The summed E-state index contributed by atoms with van der Waals surface area (Å²) in [5, 5.41) is 12.8. The first-order valence-electron chi connectivity index (χ1n) is 6.29. The first-order chi connectivity index (χ1) is 9.62. The van der Waals surface area contributed by atoms with Crippen molar-refractivity contribution < 1.29 is 13.5 Å². The van der Waals surface area contributed by atoms with E-state index in [1.54, 1.807) is 47.4 Å². The standard InChI is InChI=1S/C13H17N3O3S/c17-11-6-12-2-4-13(5-3-12)20(18,19)15-8-10-16-9-1-7-14-16/h1-5,7,9,15,17H,6,8,10-11H2. The highest BCUT2D eigenvalue weighted by Crippen LogP contribution is 2.10. The van der Waals surface area contributed by atoms with E-state index in [2.05, 4.69) is 9.82 Å². The number of aliphatic hydroxyl groups excluding tert-OH is 1. The Morgan fingerprint density at radius 1 is 1.25 bits per heavy atom. The molecule has 0 fully saturated rings. The molecule has 0 spiro atoms. The zero-order valence-corrected chi connectivity index (χ0v) is 11.8. The van der Waals surface area contributed by atoms with Crippen molar-refractivity contribution in [1.29, 1.82) is 0 Å². The fourth-order valence-electron chi connectivity index (χ4n) is 1.77. The quantitative estimate of drug-likeness (QED) is 0.774. The van der Waals surface area contributed by atoms with E-state index in [0.29, 0.717) is 13.0 Å². The van der Waals surface area contributed by atoms with E-state index in [9.17, 15) is 8.42 Å². The summed E-state index contributed by atoms with van der Waals surface area (Å²) >= 11 is 0. The molecule has 0 unspecified atom stereocenters. The third kappa shape index (κ3) is 3.89. The molecule has 0 aliphatic carbocycles. The monoisotopic (exact) mass is 295 g/mol. The predicted octanol–water partition coefficient (Wildman–Crippen LogP) is 0.396. The first-order valence-corrected chi connectivity index (χ1v) is 7.77. The third-order valence-corrected chi connectivity index (χ3v) is 4.30. The average Bonchev–Trinajstić information content (AvgIpc) is 2.93. The number of hydrogen-bond acceptors (Lipinski definition) is 4. The van der Waals surface area contributed by atoms with Crippen LogP contribution < -0.4 is 4.72 Å². The molecule has 0 aliphatic rings. The van der Waals surface area contributed by atoms with Crippen molar-refractivity contribution in [1.82, 2.24) is 14.5 Å². The molecule has 2 N–H and O–H groups in total. The summed E-state index contributed by atoms with van der Waals surface area (Å²) in [6.45, 7) is 0.811. The molecule has 6 nitrogen and oxygen atoms in total. The molecular formula is C13H17N3O3S. The summed E-state index contributed by atoms with van der Waals surface area (Å²) < 4.78 is 28.3. The number of rotatable bonds is 7. The Kier molecular flexibility index (Phi) is 4.89. The molecule has 1 aromatic carbocycles. The highest BCUT2D eigenvalue weighted by molar-refractivity contribution is 7.89. The molecule has 0 saturated heterocycles. The van der Waals surface area contributed by atoms with Crippen molar-refractivity contribution in [2.45, 2.75) is 17.9 Å². The molecule has 7 heteroatoms. The van der Waals surface area contributed by atoms with E-state index in [4.69, 9.17) is 5.11 Å². The van der Waals surface area contributed by atoms with Gasteiger partial charge in [0.15, 0.2) is 0 Å². The van der Waals surface area contributed by atoms with E-state index in [1.807, 2.05) is 0 Å². The van der Waals surface area contributed by atoms with Gasteiger partial charge in [0.1, 0.15) is 0 Å². The average molecular weight is 295 g/mol. The van der Waals surface area contributed by atoms with Gasteiger partial charge in [-0.2, -0.15) is 5.10 Å². The predicted molar refractivity (Wildman–Crippen MR) is 74.6 cm³/mol. The molecule has 0 saturated carbocycles. The first kappa shape index (κ1) is 14.7. The number of benzene rings is 1. The molecule has 0 bridgehead atoms. The number of aromatic nitrogens is 2. The fraction of sp³-hybridized carbons (Fsp3) is 0.308. The lowest BCUT2D eigenvalue weighted by atomic mass is 10.2. The minimum absolute atomic E-state index is 0.0498. The normalized spacial score (nSPS) is 11.7. The zero-order chi connectivity index (χ0) is 14.4. The number of aliphatic hydroxyl groups is 1. The fourth-order valence-corrected chi connectivity index (χ4v) is 2.80. The van der Waals surface area contributed by atoms with Gasteiger partial charge in [-0.05, 0) is 30.2 Å². The van der Waals surface area contributed by atoms with Crippen LogP contribution in [0.15, 0.2) is 47.6 Å². The topological polar surface area (TPSA) is 84.2 Å². The molecular weight excluding hydrogens is 278 g/mol. The number of nitrogens with one attached hydrogen (secondary N) is 1. The van der Waals surface area contributed by atoms with Gasteiger partial charge in [-0.25, -0.2) is 13.1 Å². The molecule has 2 rings (SSSR count). The van der Waals surface area contributed by atoms with E-state index in [0.717, 1.165) is 5.56 Å². The van der Waals surface area contributed by atoms with Gasteiger partial charge in [-0.15, -0.1) is 0 Å². The summed E-state index contributed by atoms with van der Waals surface area (Å²) in [6, 6.07) is 8.29. The Hall–Kier alpha value is -1.70. The summed E-state index contributed by atoms with van der Waals surface area (Å²) in [5.74, 6) is 0. The second-order valence-corrected chi connectivity index (χ2v) is 6.05. The molecule has 108 valence electrons. The van der Waals surface area contributed by atoms with Crippen molar-refractivity contribution in [3.63, 3.8) is 0 Å². The maximum atomic E-state index is 12.0. The van der Waals surface area contributed by atoms with Crippen LogP contribution in [0.2, 0.25) is 0 Å². The van der Waals surface area contributed by atoms with Crippen LogP contribution >= 0.6 is 0 Å². The highest BCUT2D eigenvalue weighted by Gasteiger charge is 2.12. The Bertz CT molecular complexity index is 621. The molecule has 1 heterocycles. The minimum atomic E-state index is -3.50. The molecule has 1 aromatic heterocycles. The highest BCUT2D eigenvalue weighted by atomic mass is 32.2. The lowest BCUT2D eigenvalue weighted by Crippen LogP contribution is -2.27. The lowest BCUT2D eigenvalue weighted by Gasteiger charge is -2.07. The maximum Gasteiger partial charge on any atom is 0.240 e. The Morgan fingerprint density at radius 3 is 2.60 bits per heavy atom. The van der Waals surface area contributed by atoms with Gasteiger partial charge in [0.05, 0.1) is 11.4 Å². The van der Waals surface area contributed by atoms with E-state index < -0.39 is 10.0 Å². The summed E-state index contributed by atoms with van der Waals surface area (Å²) in [4.78, 5) is 0.222. The lowest BCUT2D eigenvalue weighted by molar-refractivity contribution is 0.299. The van der Waals surface area contributed by atoms with Crippen molar-refractivity contribution in [3.05, 3.63) is 48.3 Å². The second-order valence-electron chi connectivity index (χ2n) is 4.28. The van der Waals surface area contributed by atoms with E-state index in [-0.39, 0.29) is 18.0 Å². The third-order valence-electron chi connectivity index (χ3n) is 2.83. The van der Waals surface area contributed by atoms with Crippen LogP contribution in [0, 0.1) is 0 Å².